The molecule has 32 heavy (non-hydrogen) atoms. The van der Waals surface area contributed by atoms with Crippen molar-refractivity contribution in [3.8, 4) is 5.75 Å². The summed E-state index contributed by atoms with van der Waals surface area (Å²) >= 11 is 2.19. The van der Waals surface area contributed by atoms with E-state index in [1.165, 1.54) is 11.8 Å². The van der Waals surface area contributed by atoms with E-state index in [1.807, 2.05) is 59.6 Å². The van der Waals surface area contributed by atoms with Crippen molar-refractivity contribution in [3.05, 3.63) is 65.7 Å². The Bertz CT molecular complexity index is 1090. The Morgan fingerprint density at radius 2 is 1.75 bits per heavy atom. The number of imide groups is 1. The molecule has 0 spiro atoms. The Kier molecular flexibility index (Phi) is 5.56. The van der Waals surface area contributed by atoms with Gasteiger partial charge in [-0.3, -0.25) is 24.7 Å². The maximum Gasteiger partial charge on any atom is 0.286 e. The minimum Gasteiger partial charge on any atom is -0.497 e. The highest BCUT2D eigenvalue weighted by Crippen LogP contribution is 2.42. The van der Waals surface area contributed by atoms with Gasteiger partial charge in [-0.05, 0) is 35.0 Å². The molecular formula is C22H20N4O4S2. The van der Waals surface area contributed by atoms with Crippen LogP contribution in [0.3, 0.4) is 0 Å². The summed E-state index contributed by atoms with van der Waals surface area (Å²) < 4.78 is 5.28. The summed E-state index contributed by atoms with van der Waals surface area (Å²) in [6, 6.07) is 17.6. The standard InChI is InChI=1S/C22H20N4O4S2/c1-30-14-9-7-13(8-10-14)16-11-15(12-5-3-2-4-6-12)25-26(16)21-23-19(27)17(31-21)18-20(28)24-22(29)32-18/h2-10,16-18,21H,11H2,1H3,(H,23,27)(H,24,28,29)/t16-,17+,18-,21-/m0/s1. The first-order valence-corrected chi connectivity index (χ1v) is 11.9. The minimum absolute atomic E-state index is 0.0978. The van der Waals surface area contributed by atoms with Crippen molar-refractivity contribution in [1.29, 1.82) is 0 Å². The molecule has 0 aromatic heterocycles. The van der Waals surface area contributed by atoms with Gasteiger partial charge in [-0.2, -0.15) is 5.10 Å². The number of hydrazone groups is 1. The summed E-state index contributed by atoms with van der Waals surface area (Å²) in [5.74, 6) is 0.0779. The smallest absolute Gasteiger partial charge is 0.286 e. The molecule has 3 aliphatic rings. The van der Waals surface area contributed by atoms with E-state index in [0.29, 0.717) is 6.42 Å². The van der Waals surface area contributed by atoms with Gasteiger partial charge in [0, 0.05) is 6.42 Å². The van der Waals surface area contributed by atoms with Crippen LogP contribution in [-0.2, 0) is 9.59 Å². The predicted molar refractivity (Wildman–Crippen MR) is 123 cm³/mol. The number of methoxy groups -OCH3 is 1. The second-order valence-corrected chi connectivity index (χ2v) is 9.86. The number of ether oxygens (including phenoxy) is 1. The molecule has 3 amide bonds. The van der Waals surface area contributed by atoms with E-state index >= 15 is 0 Å². The Hall–Kier alpha value is -2.98. The number of carbonyl (C=O) groups excluding carboxylic acids is 3. The SMILES string of the molecule is COc1ccc([C@@H]2CC(c3ccccc3)=NN2[C@@H]2NC(=O)[C@@H]([C@@H]3SC(=O)NC3=O)S2)cc1. The topological polar surface area (TPSA) is 100 Å². The quantitative estimate of drug-likeness (QED) is 0.696. The van der Waals surface area contributed by atoms with Gasteiger partial charge in [-0.15, -0.1) is 0 Å². The fraction of sp³-hybridized carbons (Fsp3) is 0.273. The molecule has 10 heteroatoms. The number of rotatable bonds is 5. The third-order valence-electron chi connectivity index (χ3n) is 5.58. The second-order valence-electron chi connectivity index (χ2n) is 7.52. The van der Waals surface area contributed by atoms with E-state index in [0.717, 1.165) is 34.3 Å². The van der Waals surface area contributed by atoms with Gasteiger partial charge < -0.3 is 10.1 Å². The van der Waals surface area contributed by atoms with Gasteiger partial charge in [-0.1, -0.05) is 54.2 Å². The predicted octanol–water partition coefficient (Wildman–Crippen LogP) is 2.71. The maximum absolute atomic E-state index is 12.7. The lowest BCUT2D eigenvalue weighted by molar-refractivity contribution is -0.124. The highest BCUT2D eigenvalue weighted by atomic mass is 32.2. The number of benzene rings is 2. The molecule has 4 atom stereocenters. The van der Waals surface area contributed by atoms with Crippen molar-refractivity contribution in [2.45, 2.75) is 28.5 Å². The molecule has 2 N–H and O–H groups in total. The molecule has 2 aromatic rings. The van der Waals surface area contributed by atoms with Crippen LogP contribution in [0, 0.1) is 0 Å². The Balaban J connectivity index is 1.44. The molecule has 0 aliphatic carbocycles. The summed E-state index contributed by atoms with van der Waals surface area (Å²) in [5, 5.41) is 10.2. The van der Waals surface area contributed by atoms with Crippen LogP contribution in [-0.4, -0.2) is 50.9 Å². The summed E-state index contributed by atoms with van der Waals surface area (Å²) in [4.78, 5) is 36.5. The zero-order valence-corrected chi connectivity index (χ0v) is 18.7. The van der Waals surface area contributed by atoms with E-state index in [2.05, 4.69) is 10.6 Å². The third-order valence-corrected chi connectivity index (χ3v) is 8.18. The highest BCUT2D eigenvalue weighted by molar-refractivity contribution is 8.16. The van der Waals surface area contributed by atoms with Crippen LogP contribution in [0.4, 0.5) is 4.79 Å². The van der Waals surface area contributed by atoms with Crippen LogP contribution < -0.4 is 15.4 Å². The first-order valence-electron chi connectivity index (χ1n) is 10.1. The molecule has 5 rings (SSSR count). The van der Waals surface area contributed by atoms with Gasteiger partial charge in [0.15, 0.2) is 5.50 Å². The van der Waals surface area contributed by atoms with Gasteiger partial charge in [0.2, 0.25) is 11.8 Å². The second kappa shape index (κ2) is 8.51. The van der Waals surface area contributed by atoms with Crippen molar-refractivity contribution in [3.63, 3.8) is 0 Å². The van der Waals surface area contributed by atoms with Crippen LogP contribution in [0.2, 0.25) is 0 Å². The first-order chi connectivity index (χ1) is 15.5. The van der Waals surface area contributed by atoms with Crippen molar-refractivity contribution in [2.24, 2.45) is 5.10 Å². The molecular weight excluding hydrogens is 448 g/mol. The number of carbonyl (C=O) groups is 3. The van der Waals surface area contributed by atoms with E-state index in [9.17, 15) is 14.4 Å². The van der Waals surface area contributed by atoms with E-state index in [-0.39, 0.29) is 11.9 Å². The largest absolute Gasteiger partial charge is 0.497 e. The number of amides is 3. The normalized spacial score (nSPS) is 27.3. The van der Waals surface area contributed by atoms with Gasteiger partial charge in [0.05, 0.1) is 18.9 Å². The van der Waals surface area contributed by atoms with E-state index in [4.69, 9.17) is 9.84 Å². The molecule has 0 saturated carbocycles. The molecule has 3 aliphatic heterocycles. The lowest BCUT2D eigenvalue weighted by Gasteiger charge is -2.29. The third kappa shape index (κ3) is 3.84. The van der Waals surface area contributed by atoms with E-state index in [1.54, 1.807) is 7.11 Å². The monoisotopic (exact) mass is 468 g/mol. The molecule has 2 fully saturated rings. The van der Waals surface area contributed by atoms with Gasteiger partial charge >= 0.3 is 0 Å². The lowest BCUT2D eigenvalue weighted by Crippen LogP contribution is -2.40. The van der Waals surface area contributed by atoms with Crippen LogP contribution in [0.1, 0.15) is 23.6 Å². The summed E-state index contributed by atoms with van der Waals surface area (Å²) in [5.41, 5.74) is 2.54. The Labute approximate surface area is 193 Å². The maximum atomic E-state index is 12.7. The molecule has 2 saturated heterocycles. The van der Waals surface area contributed by atoms with Crippen LogP contribution in [0.25, 0.3) is 0 Å². The van der Waals surface area contributed by atoms with Gasteiger partial charge in [0.1, 0.15) is 16.2 Å². The van der Waals surface area contributed by atoms with Crippen LogP contribution >= 0.6 is 23.5 Å². The van der Waals surface area contributed by atoms with E-state index < -0.39 is 27.1 Å². The van der Waals surface area contributed by atoms with Gasteiger partial charge in [-0.25, -0.2) is 0 Å². The number of hydrogen-bond donors (Lipinski definition) is 2. The molecule has 0 radical (unpaired) electrons. The van der Waals surface area contributed by atoms with Crippen molar-refractivity contribution < 1.29 is 19.1 Å². The molecule has 0 unspecified atom stereocenters. The van der Waals surface area contributed by atoms with Gasteiger partial charge in [0.25, 0.3) is 5.24 Å². The van der Waals surface area contributed by atoms with Crippen LogP contribution in [0.5, 0.6) is 5.75 Å². The number of thioether (sulfide) groups is 2. The van der Waals surface area contributed by atoms with Crippen molar-refractivity contribution >= 4 is 46.3 Å². The molecule has 0 bridgehead atoms. The molecule has 8 nitrogen and oxygen atoms in total. The number of hydrogen-bond acceptors (Lipinski definition) is 8. The fourth-order valence-electron chi connectivity index (χ4n) is 3.99. The zero-order valence-electron chi connectivity index (χ0n) is 17.1. The summed E-state index contributed by atoms with van der Waals surface area (Å²) in [6.07, 6.45) is 0.672. The van der Waals surface area contributed by atoms with Crippen molar-refractivity contribution in [2.75, 3.05) is 7.11 Å². The summed E-state index contributed by atoms with van der Waals surface area (Å²) in [7, 11) is 1.63. The lowest BCUT2D eigenvalue weighted by atomic mass is 9.98. The molecule has 2 aromatic carbocycles. The highest BCUT2D eigenvalue weighted by Gasteiger charge is 2.49. The Morgan fingerprint density at radius 3 is 2.41 bits per heavy atom. The average Bonchev–Trinajstić information content (AvgIpc) is 3.50. The number of nitrogens with one attached hydrogen (secondary N) is 2. The molecule has 164 valence electrons. The van der Waals surface area contributed by atoms with Crippen molar-refractivity contribution in [1.82, 2.24) is 15.6 Å². The zero-order chi connectivity index (χ0) is 22.2. The fourth-order valence-corrected chi connectivity index (χ4v) is 6.39. The summed E-state index contributed by atoms with van der Waals surface area (Å²) in [6.45, 7) is 0. The molecule has 3 heterocycles. The average molecular weight is 469 g/mol. The Morgan fingerprint density at radius 1 is 1.00 bits per heavy atom. The number of nitrogens with zero attached hydrogens (tertiary/aromatic N) is 2. The minimum atomic E-state index is -0.739. The first kappa shape index (κ1) is 20.9. The van der Waals surface area contributed by atoms with Crippen LogP contribution in [0.15, 0.2) is 59.7 Å².